The molecule has 6 heteroatoms. The van der Waals surface area contributed by atoms with Gasteiger partial charge in [0.15, 0.2) is 0 Å². The minimum Gasteiger partial charge on any atom is -0.399 e. The van der Waals surface area contributed by atoms with Gasteiger partial charge in [-0.25, -0.2) is 0 Å². The summed E-state index contributed by atoms with van der Waals surface area (Å²) in [6.07, 6.45) is 0. The number of benzene rings is 1. The molecule has 21 heavy (non-hydrogen) atoms. The number of nitrogens with two attached hydrogens (primary N) is 1. The molecular weight excluding hydrogens is 350 g/mol. The van der Waals surface area contributed by atoms with Crippen molar-refractivity contribution >= 4 is 44.5 Å². The van der Waals surface area contributed by atoms with Gasteiger partial charge in [0.1, 0.15) is 0 Å². The van der Waals surface area contributed by atoms with Gasteiger partial charge in [-0.1, -0.05) is 6.07 Å². The zero-order valence-corrected chi connectivity index (χ0v) is 13.9. The molecule has 0 radical (unpaired) electrons. The number of hydrogen-bond donors (Lipinski definition) is 1. The molecule has 1 aliphatic rings. The molecule has 2 N–H and O–H groups in total. The maximum absolute atomic E-state index is 12.4. The Balaban J connectivity index is 1.64. The number of carbonyl (C=O) groups is 1. The van der Waals surface area contributed by atoms with Gasteiger partial charge in [-0.15, -0.1) is 11.3 Å². The van der Waals surface area contributed by atoms with Crippen molar-refractivity contribution in [1.82, 2.24) is 4.90 Å². The molecule has 1 aromatic carbocycles. The van der Waals surface area contributed by atoms with Crippen molar-refractivity contribution in [2.45, 2.75) is 0 Å². The van der Waals surface area contributed by atoms with Gasteiger partial charge in [-0.2, -0.15) is 0 Å². The van der Waals surface area contributed by atoms with Crippen molar-refractivity contribution in [3.63, 3.8) is 0 Å². The second-order valence-electron chi connectivity index (χ2n) is 5.01. The highest BCUT2D eigenvalue weighted by molar-refractivity contribution is 9.11. The van der Waals surface area contributed by atoms with E-state index >= 15 is 0 Å². The summed E-state index contributed by atoms with van der Waals surface area (Å²) in [6, 6.07) is 9.78. The van der Waals surface area contributed by atoms with E-state index in [2.05, 4.69) is 26.9 Å². The average Bonchev–Trinajstić information content (AvgIpc) is 2.93. The van der Waals surface area contributed by atoms with Crippen molar-refractivity contribution in [3.8, 4) is 0 Å². The number of piperazine rings is 1. The first-order chi connectivity index (χ1) is 10.1. The second-order valence-corrected chi connectivity index (χ2v) is 7.30. The summed E-state index contributed by atoms with van der Waals surface area (Å²) in [7, 11) is 0. The SMILES string of the molecule is Nc1cccc(N2CCN(C(=O)c3csc(Br)c3)CC2)c1. The number of thiophene rings is 1. The average molecular weight is 366 g/mol. The first-order valence-electron chi connectivity index (χ1n) is 6.77. The summed E-state index contributed by atoms with van der Waals surface area (Å²) in [5.41, 5.74) is 8.49. The van der Waals surface area contributed by atoms with Crippen LogP contribution in [0.1, 0.15) is 10.4 Å². The van der Waals surface area contributed by atoms with Gasteiger partial charge in [0.2, 0.25) is 0 Å². The summed E-state index contributed by atoms with van der Waals surface area (Å²) < 4.78 is 0.990. The highest BCUT2D eigenvalue weighted by atomic mass is 79.9. The Morgan fingerprint density at radius 3 is 2.57 bits per heavy atom. The molecule has 0 spiro atoms. The zero-order chi connectivity index (χ0) is 14.8. The van der Waals surface area contributed by atoms with Crippen molar-refractivity contribution < 1.29 is 4.79 Å². The molecule has 1 saturated heterocycles. The number of hydrogen-bond acceptors (Lipinski definition) is 4. The number of amides is 1. The Morgan fingerprint density at radius 1 is 1.19 bits per heavy atom. The van der Waals surface area contributed by atoms with Gasteiger partial charge in [0, 0.05) is 42.9 Å². The minimum atomic E-state index is 0.115. The molecule has 1 fully saturated rings. The van der Waals surface area contributed by atoms with Crippen molar-refractivity contribution in [2.75, 3.05) is 36.8 Å². The van der Waals surface area contributed by atoms with Crippen LogP contribution in [-0.2, 0) is 0 Å². The van der Waals surface area contributed by atoms with Crippen LogP contribution >= 0.6 is 27.3 Å². The third-order valence-electron chi connectivity index (χ3n) is 3.62. The monoisotopic (exact) mass is 365 g/mol. The molecule has 110 valence electrons. The number of rotatable bonds is 2. The standard InChI is InChI=1S/C15H16BrN3OS/c16-14-8-11(10-21-14)15(20)19-6-4-18(5-7-19)13-3-1-2-12(17)9-13/h1-3,8-10H,4-7,17H2. The molecule has 1 aromatic heterocycles. The van der Waals surface area contributed by atoms with Gasteiger partial charge >= 0.3 is 0 Å². The predicted octanol–water partition coefficient (Wildman–Crippen LogP) is 3.06. The third kappa shape index (κ3) is 3.22. The van der Waals surface area contributed by atoms with E-state index in [-0.39, 0.29) is 5.91 Å². The molecule has 2 heterocycles. The molecule has 1 aliphatic heterocycles. The van der Waals surface area contributed by atoms with Crippen LogP contribution in [0.15, 0.2) is 39.5 Å². The van der Waals surface area contributed by atoms with Crippen molar-refractivity contribution in [1.29, 1.82) is 0 Å². The Hall–Kier alpha value is -1.53. The fourth-order valence-electron chi connectivity index (χ4n) is 2.49. The van der Waals surface area contributed by atoms with Crippen LogP contribution in [-0.4, -0.2) is 37.0 Å². The highest BCUT2D eigenvalue weighted by Gasteiger charge is 2.22. The molecule has 2 aromatic rings. The number of nitrogen functional groups attached to an aromatic ring is 1. The lowest BCUT2D eigenvalue weighted by molar-refractivity contribution is 0.0747. The van der Waals surface area contributed by atoms with Crippen LogP contribution in [0, 0.1) is 0 Å². The fraction of sp³-hybridized carbons (Fsp3) is 0.267. The number of halogens is 1. The molecular formula is C15H16BrN3OS. The van der Waals surface area contributed by atoms with E-state index in [1.165, 1.54) is 0 Å². The van der Waals surface area contributed by atoms with Gasteiger partial charge < -0.3 is 15.5 Å². The van der Waals surface area contributed by atoms with Crippen molar-refractivity contribution in [2.24, 2.45) is 0 Å². The molecule has 4 nitrogen and oxygen atoms in total. The lowest BCUT2D eigenvalue weighted by atomic mass is 10.2. The molecule has 0 atom stereocenters. The normalized spacial score (nSPS) is 15.3. The fourth-order valence-corrected chi connectivity index (χ4v) is 3.62. The van der Waals surface area contributed by atoms with Crippen LogP contribution in [0.25, 0.3) is 0 Å². The smallest absolute Gasteiger partial charge is 0.254 e. The number of anilines is 2. The lowest BCUT2D eigenvalue weighted by Gasteiger charge is -2.36. The summed E-state index contributed by atoms with van der Waals surface area (Å²) in [5, 5.41) is 1.90. The summed E-state index contributed by atoms with van der Waals surface area (Å²) >= 11 is 4.94. The van der Waals surface area contributed by atoms with Crippen molar-refractivity contribution in [3.05, 3.63) is 45.1 Å². The first-order valence-corrected chi connectivity index (χ1v) is 8.44. The minimum absolute atomic E-state index is 0.115. The van der Waals surface area contributed by atoms with E-state index in [4.69, 9.17) is 5.73 Å². The largest absolute Gasteiger partial charge is 0.399 e. The van der Waals surface area contributed by atoms with E-state index in [0.29, 0.717) is 0 Å². The van der Waals surface area contributed by atoms with Gasteiger partial charge in [-0.05, 0) is 40.2 Å². The molecule has 0 aliphatic carbocycles. The Bertz CT molecular complexity index is 650. The molecule has 1 amide bonds. The first kappa shape index (κ1) is 14.4. The summed E-state index contributed by atoms with van der Waals surface area (Å²) in [4.78, 5) is 16.6. The highest BCUT2D eigenvalue weighted by Crippen LogP contribution is 2.23. The quantitative estimate of drug-likeness (QED) is 0.832. The lowest BCUT2D eigenvalue weighted by Crippen LogP contribution is -2.48. The zero-order valence-electron chi connectivity index (χ0n) is 11.5. The topological polar surface area (TPSA) is 49.6 Å². The number of carbonyl (C=O) groups excluding carboxylic acids is 1. The van der Waals surface area contributed by atoms with E-state index in [0.717, 1.165) is 46.9 Å². The van der Waals surface area contributed by atoms with Crippen LogP contribution < -0.4 is 10.6 Å². The summed E-state index contributed by atoms with van der Waals surface area (Å²) in [6.45, 7) is 3.14. The predicted molar refractivity (Wildman–Crippen MR) is 91.0 cm³/mol. The van der Waals surface area contributed by atoms with Crippen LogP contribution in [0.3, 0.4) is 0 Å². The van der Waals surface area contributed by atoms with E-state index in [1.54, 1.807) is 11.3 Å². The molecule has 0 saturated carbocycles. The van der Waals surface area contributed by atoms with Crippen LogP contribution in [0.4, 0.5) is 11.4 Å². The van der Waals surface area contributed by atoms with Gasteiger partial charge in [0.25, 0.3) is 5.91 Å². The molecule has 3 rings (SSSR count). The van der Waals surface area contributed by atoms with E-state index in [9.17, 15) is 4.79 Å². The summed E-state index contributed by atoms with van der Waals surface area (Å²) in [5.74, 6) is 0.115. The van der Waals surface area contributed by atoms with E-state index in [1.807, 2.05) is 34.5 Å². The maximum atomic E-state index is 12.4. The van der Waals surface area contributed by atoms with Crippen LogP contribution in [0.2, 0.25) is 0 Å². The Labute approximate surface area is 136 Å². The maximum Gasteiger partial charge on any atom is 0.254 e. The number of nitrogens with zero attached hydrogens (tertiary/aromatic N) is 2. The molecule has 0 bridgehead atoms. The molecule has 0 unspecified atom stereocenters. The van der Waals surface area contributed by atoms with Crippen LogP contribution in [0.5, 0.6) is 0 Å². The third-order valence-corrected chi connectivity index (χ3v) is 5.12. The van der Waals surface area contributed by atoms with Gasteiger partial charge in [-0.3, -0.25) is 4.79 Å². The Kier molecular flexibility index (Phi) is 4.17. The second kappa shape index (κ2) is 6.07. The van der Waals surface area contributed by atoms with E-state index < -0.39 is 0 Å². The van der Waals surface area contributed by atoms with Gasteiger partial charge in [0.05, 0.1) is 9.35 Å². The Morgan fingerprint density at radius 2 is 1.95 bits per heavy atom.